The van der Waals surface area contributed by atoms with Crippen LogP contribution in [0.1, 0.15) is 48.8 Å². The third-order valence-corrected chi connectivity index (χ3v) is 7.63. The van der Waals surface area contributed by atoms with Crippen molar-refractivity contribution in [2.45, 2.75) is 32.7 Å². The van der Waals surface area contributed by atoms with Gasteiger partial charge in [0.1, 0.15) is 5.58 Å². The van der Waals surface area contributed by atoms with E-state index in [1.165, 1.54) is 0 Å². The van der Waals surface area contributed by atoms with Crippen LogP contribution in [0.3, 0.4) is 0 Å². The molecule has 1 unspecified atom stereocenters. The van der Waals surface area contributed by atoms with Crippen LogP contribution in [0.5, 0.6) is 11.5 Å². The molecule has 218 valence electrons. The van der Waals surface area contributed by atoms with Gasteiger partial charge in [0, 0.05) is 31.6 Å². The molecule has 9 nitrogen and oxygen atoms in total. The first-order valence-corrected chi connectivity index (χ1v) is 14.3. The van der Waals surface area contributed by atoms with Crippen LogP contribution in [0.4, 0.5) is 0 Å². The van der Waals surface area contributed by atoms with Gasteiger partial charge in [-0.15, -0.1) is 0 Å². The van der Waals surface area contributed by atoms with E-state index in [2.05, 4.69) is 18.7 Å². The number of ketones is 1. The second-order valence-electron chi connectivity index (χ2n) is 10.9. The van der Waals surface area contributed by atoms with E-state index in [4.69, 9.17) is 18.6 Å². The molecule has 1 N–H and O–H groups in total. The van der Waals surface area contributed by atoms with Gasteiger partial charge in [-0.2, -0.15) is 0 Å². The highest BCUT2D eigenvalue weighted by atomic mass is 16.5. The van der Waals surface area contributed by atoms with E-state index in [1.54, 1.807) is 36.3 Å². The molecule has 0 radical (unpaired) electrons. The Morgan fingerprint density at radius 2 is 1.85 bits per heavy atom. The molecule has 3 aromatic rings. The fraction of sp³-hybridized carbons (Fsp3) is 0.438. The van der Waals surface area contributed by atoms with E-state index >= 15 is 0 Å². The number of nitrogens with zero attached hydrogens (tertiary/aromatic N) is 2. The van der Waals surface area contributed by atoms with Crippen LogP contribution in [-0.2, 0) is 9.53 Å². The molecule has 0 bridgehead atoms. The molecule has 9 heteroatoms. The lowest BCUT2D eigenvalue weighted by atomic mass is 9.94. The van der Waals surface area contributed by atoms with E-state index in [0.717, 1.165) is 31.4 Å². The number of fused-ring (bicyclic) bond motifs is 1. The van der Waals surface area contributed by atoms with Crippen molar-refractivity contribution in [1.82, 2.24) is 9.80 Å². The molecule has 3 heterocycles. The lowest BCUT2D eigenvalue weighted by Crippen LogP contribution is -2.39. The van der Waals surface area contributed by atoms with Crippen molar-refractivity contribution in [3.05, 3.63) is 71.2 Å². The third-order valence-electron chi connectivity index (χ3n) is 7.63. The molecule has 1 atom stereocenters. The Bertz CT molecular complexity index is 1390. The minimum absolute atomic E-state index is 0.00374. The summed E-state index contributed by atoms with van der Waals surface area (Å²) in [5, 5.41) is 11.9. The van der Waals surface area contributed by atoms with Crippen LogP contribution >= 0.6 is 0 Å². The third kappa shape index (κ3) is 6.26. The van der Waals surface area contributed by atoms with E-state index in [9.17, 15) is 14.7 Å². The van der Waals surface area contributed by atoms with Gasteiger partial charge in [-0.1, -0.05) is 38.1 Å². The van der Waals surface area contributed by atoms with Crippen molar-refractivity contribution in [3.63, 3.8) is 0 Å². The number of rotatable bonds is 12. The number of benzene rings is 2. The fourth-order valence-corrected chi connectivity index (χ4v) is 5.36. The highest BCUT2D eigenvalue weighted by molar-refractivity contribution is 6.16. The molecule has 0 aliphatic carbocycles. The normalized spacial score (nSPS) is 18.1. The van der Waals surface area contributed by atoms with Crippen LogP contribution in [0.25, 0.3) is 11.0 Å². The quantitative estimate of drug-likeness (QED) is 0.302. The van der Waals surface area contributed by atoms with E-state index in [0.29, 0.717) is 61.3 Å². The molecule has 2 aliphatic rings. The average molecular weight is 563 g/mol. The zero-order chi connectivity index (χ0) is 28.9. The van der Waals surface area contributed by atoms with E-state index < -0.39 is 23.5 Å². The van der Waals surface area contributed by atoms with Gasteiger partial charge in [0.25, 0.3) is 5.91 Å². The summed E-state index contributed by atoms with van der Waals surface area (Å²) < 4.78 is 22.9. The lowest BCUT2D eigenvalue weighted by molar-refractivity contribution is -0.129. The average Bonchev–Trinajstić information content (AvgIpc) is 3.52. The van der Waals surface area contributed by atoms with Gasteiger partial charge in [0.05, 0.1) is 38.5 Å². The van der Waals surface area contributed by atoms with Gasteiger partial charge in [-0.05, 0) is 48.6 Å². The molecule has 1 aromatic heterocycles. The predicted octanol–water partition coefficient (Wildman–Crippen LogP) is 5.17. The second-order valence-corrected chi connectivity index (χ2v) is 10.9. The topological polar surface area (TPSA) is 102 Å². The van der Waals surface area contributed by atoms with Gasteiger partial charge < -0.3 is 28.6 Å². The summed E-state index contributed by atoms with van der Waals surface area (Å²) in [7, 11) is 1.56. The molecular formula is C32H38N2O7. The van der Waals surface area contributed by atoms with E-state index in [-0.39, 0.29) is 11.3 Å². The molecular weight excluding hydrogens is 524 g/mol. The SMILES string of the molecule is COc1cc(C2C(C(=O)c3cc4ccccc4o3)=C(O)C(=O)N2CCCN2CCOCC2)ccc1OCCC(C)C. The summed E-state index contributed by atoms with van der Waals surface area (Å²) in [5.74, 6) is -0.0101. The fourth-order valence-electron chi connectivity index (χ4n) is 5.36. The zero-order valence-corrected chi connectivity index (χ0v) is 23.9. The predicted molar refractivity (Wildman–Crippen MR) is 154 cm³/mol. The number of amides is 1. The van der Waals surface area contributed by atoms with Gasteiger partial charge >= 0.3 is 0 Å². The molecule has 1 fully saturated rings. The monoisotopic (exact) mass is 562 g/mol. The second kappa shape index (κ2) is 12.8. The summed E-state index contributed by atoms with van der Waals surface area (Å²) in [6, 6.07) is 13.5. The summed E-state index contributed by atoms with van der Waals surface area (Å²) in [6.07, 6.45) is 1.57. The Kier molecular flexibility index (Phi) is 8.95. The first-order chi connectivity index (χ1) is 19.9. The smallest absolute Gasteiger partial charge is 0.290 e. The summed E-state index contributed by atoms with van der Waals surface area (Å²) >= 11 is 0. The molecule has 1 amide bonds. The Labute approximate surface area is 240 Å². The number of furan rings is 1. The number of hydrogen-bond donors (Lipinski definition) is 1. The Morgan fingerprint density at radius 3 is 2.59 bits per heavy atom. The van der Waals surface area contributed by atoms with Gasteiger partial charge in [-0.3, -0.25) is 14.5 Å². The summed E-state index contributed by atoms with van der Waals surface area (Å²) in [5.41, 5.74) is 1.20. The number of para-hydroxylation sites is 1. The summed E-state index contributed by atoms with van der Waals surface area (Å²) in [6.45, 7) is 9.00. The van der Waals surface area contributed by atoms with E-state index in [1.807, 2.05) is 24.3 Å². The van der Waals surface area contributed by atoms with Crippen molar-refractivity contribution in [3.8, 4) is 11.5 Å². The minimum atomic E-state index is -0.813. The van der Waals surface area contributed by atoms with Crippen molar-refractivity contribution < 1.29 is 33.3 Å². The minimum Gasteiger partial charge on any atom is -0.503 e. The van der Waals surface area contributed by atoms with Crippen LogP contribution in [0, 0.1) is 5.92 Å². The van der Waals surface area contributed by atoms with Crippen LogP contribution in [0.15, 0.2) is 64.3 Å². The Balaban J connectivity index is 1.46. The maximum absolute atomic E-state index is 13.9. The zero-order valence-electron chi connectivity index (χ0n) is 23.9. The first kappa shape index (κ1) is 28.7. The highest BCUT2D eigenvalue weighted by Crippen LogP contribution is 2.42. The summed E-state index contributed by atoms with van der Waals surface area (Å²) in [4.78, 5) is 31.2. The molecule has 2 aromatic carbocycles. The van der Waals surface area contributed by atoms with Crippen molar-refractivity contribution in [1.29, 1.82) is 0 Å². The number of aliphatic hydroxyl groups excluding tert-OH is 1. The van der Waals surface area contributed by atoms with Crippen LogP contribution in [0.2, 0.25) is 0 Å². The molecule has 5 rings (SSSR count). The largest absolute Gasteiger partial charge is 0.503 e. The van der Waals surface area contributed by atoms with Gasteiger partial charge in [0.2, 0.25) is 5.78 Å². The van der Waals surface area contributed by atoms with Gasteiger partial charge in [0.15, 0.2) is 23.0 Å². The number of hydrogen-bond acceptors (Lipinski definition) is 8. The Morgan fingerprint density at radius 1 is 1.07 bits per heavy atom. The standard InChI is InChI=1S/C32H38N2O7/c1-21(2)11-16-40-25-10-9-23(20-26(25)38-3)29-28(30(35)27-19-22-7-4-5-8-24(22)41-27)31(36)32(37)34(29)13-6-12-33-14-17-39-18-15-33/h4-5,7-10,19-21,29,36H,6,11-18H2,1-3H3. The number of ether oxygens (including phenoxy) is 3. The number of morpholine rings is 1. The maximum Gasteiger partial charge on any atom is 0.290 e. The Hall–Kier alpha value is -3.82. The maximum atomic E-state index is 13.9. The van der Waals surface area contributed by atoms with Crippen molar-refractivity contribution in [2.75, 3.05) is 53.1 Å². The number of carbonyl (C=O) groups excluding carboxylic acids is 2. The lowest BCUT2D eigenvalue weighted by Gasteiger charge is -2.30. The molecule has 0 spiro atoms. The number of aliphatic hydroxyl groups is 1. The number of methoxy groups -OCH3 is 1. The van der Waals surface area contributed by atoms with Crippen molar-refractivity contribution in [2.24, 2.45) is 5.92 Å². The van der Waals surface area contributed by atoms with Crippen molar-refractivity contribution >= 4 is 22.7 Å². The molecule has 2 aliphatic heterocycles. The van der Waals surface area contributed by atoms with Gasteiger partial charge in [-0.25, -0.2) is 0 Å². The first-order valence-electron chi connectivity index (χ1n) is 14.3. The molecule has 41 heavy (non-hydrogen) atoms. The number of Topliss-reactive ketones (excluding diaryl/α,β-unsaturated/α-hetero) is 1. The van der Waals surface area contributed by atoms with Crippen LogP contribution < -0.4 is 9.47 Å². The molecule has 1 saturated heterocycles. The molecule has 0 saturated carbocycles. The number of carbonyl (C=O) groups is 2. The highest BCUT2D eigenvalue weighted by Gasteiger charge is 2.44. The van der Waals surface area contributed by atoms with Crippen LogP contribution in [-0.4, -0.2) is 79.7 Å².